The number of thiocarbonyl (C=S) groups is 1. The van der Waals surface area contributed by atoms with Crippen LogP contribution in [0.2, 0.25) is 0 Å². The molecule has 1 atom stereocenters. The third kappa shape index (κ3) is 4.44. The number of esters is 1. The first-order chi connectivity index (χ1) is 13.3. The van der Waals surface area contributed by atoms with Crippen LogP contribution in [0.3, 0.4) is 0 Å². The van der Waals surface area contributed by atoms with Crippen molar-refractivity contribution in [2.45, 2.75) is 45.8 Å². The predicted molar refractivity (Wildman–Crippen MR) is 115 cm³/mol. The summed E-state index contributed by atoms with van der Waals surface area (Å²) in [5, 5.41) is 7.13. The van der Waals surface area contributed by atoms with E-state index < -0.39 is 0 Å². The molecule has 3 rings (SSSR count). The van der Waals surface area contributed by atoms with Gasteiger partial charge in [-0.05, 0) is 63.7 Å². The van der Waals surface area contributed by atoms with Crippen molar-refractivity contribution in [3.63, 3.8) is 0 Å². The van der Waals surface area contributed by atoms with Gasteiger partial charge in [0.15, 0.2) is 5.11 Å². The maximum Gasteiger partial charge on any atom is 0.338 e. The Bertz CT molecular complexity index is 895. The highest BCUT2D eigenvalue weighted by molar-refractivity contribution is 7.80. The fourth-order valence-electron chi connectivity index (χ4n) is 3.45. The normalized spacial score (nSPS) is 17.1. The number of hydrogen-bond donors (Lipinski definition) is 2. The minimum Gasteiger partial charge on any atom is -0.487 e. The summed E-state index contributed by atoms with van der Waals surface area (Å²) >= 11 is 5.56. The monoisotopic (exact) mass is 398 g/mol. The van der Waals surface area contributed by atoms with Crippen LogP contribution >= 0.6 is 12.2 Å². The molecule has 5 nitrogen and oxygen atoms in total. The number of fused-ring (bicyclic) bond motifs is 1. The average Bonchev–Trinajstić information content (AvgIpc) is 2.62. The summed E-state index contributed by atoms with van der Waals surface area (Å²) in [5.74, 6) is 0.544. The van der Waals surface area contributed by atoms with E-state index in [0.717, 1.165) is 29.0 Å². The molecular weight excluding hydrogens is 372 g/mol. The van der Waals surface area contributed by atoms with Crippen LogP contribution in [0.1, 0.15) is 54.7 Å². The van der Waals surface area contributed by atoms with E-state index in [1.807, 2.05) is 37.3 Å². The minimum atomic E-state index is -0.331. The van der Waals surface area contributed by atoms with Gasteiger partial charge in [-0.2, -0.15) is 0 Å². The number of carbonyl (C=O) groups is 1. The molecule has 2 N–H and O–H groups in total. The van der Waals surface area contributed by atoms with Crippen LogP contribution in [-0.4, -0.2) is 23.3 Å². The molecular formula is C22H26N2O3S. The largest absolute Gasteiger partial charge is 0.487 e. The average molecular weight is 399 g/mol. The van der Waals surface area contributed by atoms with E-state index in [0.29, 0.717) is 17.3 Å². The molecule has 0 saturated heterocycles. The standard InChI is InChI=1S/C22H26N2O3S/c1-5-26-20(25)15-10-8-11-17(14(15)2)23-21(28)24-18-13-22(3,4)27-19-12-7-6-9-16(18)19/h6-12,18H,5,13H2,1-4H3,(H2,23,24,28). The maximum atomic E-state index is 12.1. The van der Waals surface area contributed by atoms with Crippen LogP contribution in [0.5, 0.6) is 5.75 Å². The minimum absolute atomic E-state index is 0.0356. The Labute approximate surface area is 171 Å². The van der Waals surface area contributed by atoms with Crippen molar-refractivity contribution in [2.24, 2.45) is 0 Å². The van der Waals surface area contributed by atoms with Crippen LogP contribution in [0, 0.1) is 6.92 Å². The van der Waals surface area contributed by atoms with Gasteiger partial charge in [0.05, 0.1) is 18.2 Å². The molecule has 1 unspecified atom stereocenters. The topological polar surface area (TPSA) is 59.6 Å². The molecule has 0 fully saturated rings. The van der Waals surface area contributed by atoms with Gasteiger partial charge in [0.1, 0.15) is 11.4 Å². The summed E-state index contributed by atoms with van der Waals surface area (Å²) in [4.78, 5) is 12.1. The van der Waals surface area contributed by atoms with Gasteiger partial charge in [0, 0.05) is 17.7 Å². The first-order valence-corrected chi connectivity index (χ1v) is 9.84. The summed E-state index contributed by atoms with van der Waals surface area (Å²) in [5.41, 5.74) is 2.91. The fraction of sp³-hybridized carbons (Fsp3) is 0.364. The SMILES string of the molecule is CCOC(=O)c1cccc(NC(=S)NC2CC(C)(C)Oc3ccccc32)c1C. The number of anilines is 1. The Hall–Kier alpha value is -2.60. The van der Waals surface area contributed by atoms with E-state index in [1.165, 1.54) is 0 Å². The zero-order valence-electron chi connectivity index (χ0n) is 16.7. The summed E-state index contributed by atoms with van der Waals surface area (Å²) < 4.78 is 11.2. The number of rotatable bonds is 4. The fourth-order valence-corrected chi connectivity index (χ4v) is 3.70. The van der Waals surface area contributed by atoms with Crippen molar-refractivity contribution in [3.8, 4) is 5.75 Å². The van der Waals surface area contributed by atoms with Gasteiger partial charge in [0.25, 0.3) is 0 Å². The number of hydrogen-bond acceptors (Lipinski definition) is 4. The summed E-state index contributed by atoms with van der Waals surface area (Å²) in [6.45, 7) is 8.16. The second-order valence-electron chi connectivity index (χ2n) is 7.45. The van der Waals surface area contributed by atoms with Gasteiger partial charge in [-0.3, -0.25) is 0 Å². The lowest BCUT2D eigenvalue weighted by atomic mass is 9.90. The highest BCUT2D eigenvalue weighted by Gasteiger charge is 2.33. The third-order valence-corrected chi connectivity index (χ3v) is 4.98. The molecule has 0 aromatic heterocycles. The van der Waals surface area contributed by atoms with Crippen LogP contribution in [0.4, 0.5) is 5.69 Å². The highest BCUT2D eigenvalue weighted by Crippen LogP contribution is 2.39. The molecule has 0 saturated carbocycles. The molecule has 6 heteroatoms. The van der Waals surface area contributed by atoms with E-state index >= 15 is 0 Å². The number of benzene rings is 2. The second kappa shape index (κ2) is 8.19. The Balaban J connectivity index is 1.76. The number of nitrogens with one attached hydrogen (secondary N) is 2. The van der Waals surface area contributed by atoms with E-state index in [1.54, 1.807) is 13.0 Å². The molecule has 2 aromatic rings. The Morgan fingerprint density at radius 3 is 2.75 bits per heavy atom. The van der Waals surface area contributed by atoms with Gasteiger partial charge in [-0.1, -0.05) is 24.3 Å². The van der Waals surface area contributed by atoms with E-state index in [4.69, 9.17) is 21.7 Å². The van der Waals surface area contributed by atoms with Crippen LogP contribution < -0.4 is 15.4 Å². The Morgan fingerprint density at radius 2 is 2.00 bits per heavy atom. The Kier molecular flexibility index (Phi) is 5.89. The van der Waals surface area contributed by atoms with Crippen molar-refractivity contribution < 1.29 is 14.3 Å². The van der Waals surface area contributed by atoms with Crippen molar-refractivity contribution in [1.29, 1.82) is 0 Å². The van der Waals surface area contributed by atoms with Gasteiger partial charge >= 0.3 is 5.97 Å². The van der Waals surface area contributed by atoms with Gasteiger partial charge in [-0.15, -0.1) is 0 Å². The summed E-state index contributed by atoms with van der Waals surface area (Å²) in [6.07, 6.45) is 0.785. The Morgan fingerprint density at radius 1 is 1.25 bits per heavy atom. The zero-order valence-corrected chi connectivity index (χ0v) is 17.5. The highest BCUT2D eigenvalue weighted by atomic mass is 32.1. The predicted octanol–water partition coefficient (Wildman–Crippen LogP) is 4.76. The molecule has 0 radical (unpaired) electrons. The number of ether oxygens (including phenoxy) is 2. The lowest BCUT2D eigenvalue weighted by Crippen LogP contribution is -2.42. The van der Waals surface area contributed by atoms with Crippen molar-refractivity contribution in [1.82, 2.24) is 5.32 Å². The number of carbonyl (C=O) groups excluding carboxylic acids is 1. The molecule has 1 aliphatic rings. The van der Waals surface area contributed by atoms with E-state index in [-0.39, 0.29) is 17.6 Å². The lowest BCUT2D eigenvalue weighted by Gasteiger charge is -2.38. The van der Waals surface area contributed by atoms with Gasteiger partial charge in [0.2, 0.25) is 0 Å². The summed E-state index contributed by atoms with van der Waals surface area (Å²) in [6, 6.07) is 13.5. The zero-order chi connectivity index (χ0) is 20.3. The lowest BCUT2D eigenvalue weighted by molar-refractivity contribution is 0.0525. The van der Waals surface area contributed by atoms with Gasteiger partial charge < -0.3 is 20.1 Å². The molecule has 0 spiro atoms. The summed E-state index contributed by atoms with van der Waals surface area (Å²) in [7, 11) is 0. The quantitative estimate of drug-likeness (QED) is 0.572. The maximum absolute atomic E-state index is 12.1. The van der Waals surface area contributed by atoms with Gasteiger partial charge in [-0.25, -0.2) is 4.79 Å². The van der Waals surface area contributed by atoms with Crippen molar-refractivity contribution in [3.05, 3.63) is 59.2 Å². The molecule has 1 heterocycles. The molecule has 148 valence electrons. The molecule has 0 amide bonds. The third-order valence-electron chi connectivity index (χ3n) is 4.76. The molecule has 1 aliphatic heterocycles. The molecule has 0 bridgehead atoms. The second-order valence-corrected chi connectivity index (χ2v) is 7.86. The molecule has 2 aromatic carbocycles. The van der Waals surface area contributed by atoms with E-state index in [2.05, 4.69) is 30.5 Å². The number of para-hydroxylation sites is 1. The smallest absolute Gasteiger partial charge is 0.338 e. The first-order valence-electron chi connectivity index (χ1n) is 9.43. The van der Waals surface area contributed by atoms with E-state index in [9.17, 15) is 4.79 Å². The van der Waals surface area contributed by atoms with Crippen LogP contribution in [-0.2, 0) is 4.74 Å². The van der Waals surface area contributed by atoms with Crippen molar-refractivity contribution in [2.75, 3.05) is 11.9 Å². The van der Waals surface area contributed by atoms with Crippen LogP contribution in [0.15, 0.2) is 42.5 Å². The van der Waals surface area contributed by atoms with Crippen LogP contribution in [0.25, 0.3) is 0 Å². The first kappa shape index (κ1) is 20.1. The molecule has 28 heavy (non-hydrogen) atoms. The molecule has 0 aliphatic carbocycles. The van der Waals surface area contributed by atoms with Crippen molar-refractivity contribution >= 4 is 29.0 Å².